The molecule has 0 radical (unpaired) electrons. The molecular formula is C18H30N2. The Morgan fingerprint density at radius 3 is 2.45 bits per heavy atom. The van der Waals surface area contributed by atoms with Gasteiger partial charge in [0.15, 0.2) is 0 Å². The second kappa shape index (κ2) is 7.12. The van der Waals surface area contributed by atoms with Crippen LogP contribution in [0.2, 0.25) is 0 Å². The number of benzene rings is 1. The van der Waals surface area contributed by atoms with E-state index in [4.69, 9.17) is 0 Å². The van der Waals surface area contributed by atoms with Crippen LogP contribution in [-0.2, 0) is 0 Å². The molecule has 2 rings (SSSR count). The third kappa shape index (κ3) is 3.54. The minimum atomic E-state index is 0.438. The van der Waals surface area contributed by atoms with Crippen molar-refractivity contribution in [1.29, 1.82) is 0 Å². The van der Waals surface area contributed by atoms with Crippen molar-refractivity contribution >= 4 is 5.69 Å². The highest BCUT2D eigenvalue weighted by Gasteiger charge is 2.25. The summed E-state index contributed by atoms with van der Waals surface area (Å²) in [5.41, 5.74) is 2.73. The molecule has 2 heteroatoms. The summed E-state index contributed by atoms with van der Waals surface area (Å²) in [6.45, 7) is 7.80. The lowest BCUT2D eigenvalue weighted by molar-refractivity contribution is 0.321. The Labute approximate surface area is 124 Å². The molecule has 0 amide bonds. The van der Waals surface area contributed by atoms with Crippen LogP contribution >= 0.6 is 0 Å². The maximum atomic E-state index is 3.47. The van der Waals surface area contributed by atoms with Crippen molar-refractivity contribution in [3.63, 3.8) is 0 Å². The lowest BCUT2D eigenvalue weighted by Gasteiger charge is -2.37. The van der Waals surface area contributed by atoms with Crippen molar-refractivity contribution in [2.75, 3.05) is 18.5 Å². The summed E-state index contributed by atoms with van der Waals surface area (Å²) >= 11 is 0. The van der Waals surface area contributed by atoms with Crippen LogP contribution < -0.4 is 10.2 Å². The van der Waals surface area contributed by atoms with Crippen LogP contribution in [-0.4, -0.2) is 19.6 Å². The molecule has 0 spiro atoms. The number of rotatable bonds is 5. The quantitative estimate of drug-likeness (QED) is 0.857. The van der Waals surface area contributed by atoms with Gasteiger partial charge in [-0.25, -0.2) is 0 Å². The fourth-order valence-corrected chi connectivity index (χ4v) is 3.49. The topological polar surface area (TPSA) is 15.3 Å². The average molecular weight is 274 g/mol. The standard InChI is InChI=1S/C18H30N2/c1-5-19-15(3)16-10-12-17(13-11-16)20(4)18-9-7-6-8-14(18)2/h10-15,18-19H,5-9H2,1-4H3. The molecule has 3 atom stereocenters. The highest BCUT2D eigenvalue weighted by molar-refractivity contribution is 5.48. The molecule has 3 unspecified atom stereocenters. The van der Waals surface area contributed by atoms with E-state index in [0.717, 1.165) is 12.5 Å². The largest absolute Gasteiger partial charge is 0.371 e. The Balaban J connectivity index is 2.05. The zero-order valence-corrected chi connectivity index (χ0v) is 13.5. The molecular weight excluding hydrogens is 244 g/mol. The number of hydrogen-bond donors (Lipinski definition) is 1. The van der Waals surface area contributed by atoms with Crippen LogP contribution in [0.25, 0.3) is 0 Å². The molecule has 2 nitrogen and oxygen atoms in total. The van der Waals surface area contributed by atoms with Gasteiger partial charge < -0.3 is 10.2 Å². The van der Waals surface area contributed by atoms with Crippen molar-refractivity contribution in [3.05, 3.63) is 29.8 Å². The van der Waals surface area contributed by atoms with Crippen LogP contribution in [0.4, 0.5) is 5.69 Å². The minimum Gasteiger partial charge on any atom is -0.371 e. The van der Waals surface area contributed by atoms with E-state index in [-0.39, 0.29) is 0 Å². The molecule has 0 bridgehead atoms. The Hall–Kier alpha value is -1.02. The van der Waals surface area contributed by atoms with Crippen molar-refractivity contribution in [2.24, 2.45) is 5.92 Å². The van der Waals surface area contributed by atoms with Gasteiger partial charge >= 0.3 is 0 Å². The molecule has 0 aliphatic heterocycles. The van der Waals surface area contributed by atoms with E-state index in [0.29, 0.717) is 12.1 Å². The molecule has 1 saturated carbocycles. The van der Waals surface area contributed by atoms with Gasteiger partial charge in [0.1, 0.15) is 0 Å². The first kappa shape index (κ1) is 15.4. The average Bonchev–Trinajstić information content (AvgIpc) is 2.47. The Kier molecular flexibility index (Phi) is 5.47. The van der Waals surface area contributed by atoms with Gasteiger partial charge in [-0.2, -0.15) is 0 Å². The third-order valence-corrected chi connectivity index (χ3v) is 4.87. The first-order chi connectivity index (χ1) is 9.63. The molecule has 1 fully saturated rings. The molecule has 20 heavy (non-hydrogen) atoms. The summed E-state index contributed by atoms with van der Waals surface area (Å²) in [5.74, 6) is 0.814. The maximum Gasteiger partial charge on any atom is 0.0366 e. The van der Waals surface area contributed by atoms with Gasteiger partial charge in [0.2, 0.25) is 0 Å². The number of nitrogens with zero attached hydrogens (tertiary/aromatic N) is 1. The van der Waals surface area contributed by atoms with E-state index in [1.165, 1.54) is 36.9 Å². The minimum absolute atomic E-state index is 0.438. The van der Waals surface area contributed by atoms with E-state index >= 15 is 0 Å². The second-order valence-electron chi connectivity index (χ2n) is 6.31. The van der Waals surface area contributed by atoms with Gasteiger partial charge in [-0.3, -0.25) is 0 Å². The molecule has 1 N–H and O–H groups in total. The Morgan fingerprint density at radius 2 is 1.85 bits per heavy atom. The summed E-state index contributed by atoms with van der Waals surface area (Å²) < 4.78 is 0. The summed E-state index contributed by atoms with van der Waals surface area (Å²) in [7, 11) is 2.26. The van der Waals surface area contributed by atoms with Crippen molar-refractivity contribution in [2.45, 2.75) is 58.5 Å². The highest BCUT2D eigenvalue weighted by atomic mass is 15.1. The predicted octanol–water partition coefficient (Wildman–Crippen LogP) is 4.37. The molecule has 0 saturated heterocycles. The zero-order valence-electron chi connectivity index (χ0n) is 13.5. The van der Waals surface area contributed by atoms with E-state index in [9.17, 15) is 0 Å². The van der Waals surface area contributed by atoms with E-state index in [1.807, 2.05) is 0 Å². The summed E-state index contributed by atoms with van der Waals surface area (Å²) in [5, 5.41) is 3.47. The molecule has 1 aromatic carbocycles. The smallest absolute Gasteiger partial charge is 0.0366 e. The number of anilines is 1. The van der Waals surface area contributed by atoms with Crippen LogP contribution in [0.15, 0.2) is 24.3 Å². The normalized spacial score (nSPS) is 24.4. The highest BCUT2D eigenvalue weighted by Crippen LogP contribution is 2.30. The van der Waals surface area contributed by atoms with E-state index in [1.54, 1.807) is 0 Å². The molecule has 0 aromatic heterocycles. The Bertz CT molecular complexity index is 398. The van der Waals surface area contributed by atoms with Gasteiger partial charge in [-0.1, -0.05) is 38.8 Å². The number of hydrogen-bond acceptors (Lipinski definition) is 2. The molecule has 0 heterocycles. The van der Waals surface area contributed by atoms with Crippen LogP contribution in [0.5, 0.6) is 0 Å². The number of nitrogens with one attached hydrogen (secondary N) is 1. The molecule has 1 aliphatic rings. The first-order valence-corrected chi connectivity index (χ1v) is 8.19. The molecule has 1 aromatic rings. The van der Waals surface area contributed by atoms with Crippen LogP contribution in [0.1, 0.15) is 58.1 Å². The SMILES string of the molecule is CCNC(C)c1ccc(N(C)C2CCCCC2C)cc1. The maximum absolute atomic E-state index is 3.47. The molecule has 1 aliphatic carbocycles. The second-order valence-corrected chi connectivity index (χ2v) is 6.31. The van der Waals surface area contributed by atoms with Gasteiger partial charge in [0.25, 0.3) is 0 Å². The monoisotopic (exact) mass is 274 g/mol. The first-order valence-electron chi connectivity index (χ1n) is 8.19. The van der Waals surface area contributed by atoms with Crippen LogP contribution in [0.3, 0.4) is 0 Å². The van der Waals surface area contributed by atoms with Crippen LogP contribution in [0, 0.1) is 5.92 Å². The van der Waals surface area contributed by atoms with E-state index < -0.39 is 0 Å². The summed E-state index contributed by atoms with van der Waals surface area (Å²) in [6, 6.07) is 10.3. The lowest BCUT2D eigenvalue weighted by atomic mass is 9.85. The fraction of sp³-hybridized carbons (Fsp3) is 0.667. The Morgan fingerprint density at radius 1 is 1.20 bits per heavy atom. The zero-order chi connectivity index (χ0) is 14.5. The fourth-order valence-electron chi connectivity index (χ4n) is 3.49. The lowest BCUT2D eigenvalue weighted by Crippen LogP contribution is -2.38. The van der Waals surface area contributed by atoms with Gasteiger partial charge in [0.05, 0.1) is 0 Å². The summed E-state index contributed by atoms with van der Waals surface area (Å²) in [6.07, 6.45) is 5.51. The van der Waals surface area contributed by atoms with Gasteiger partial charge in [0, 0.05) is 24.8 Å². The summed E-state index contributed by atoms with van der Waals surface area (Å²) in [4.78, 5) is 2.49. The van der Waals surface area contributed by atoms with Crippen molar-refractivity contribution in [1.82, 2.24) is 5.32 Å². The third-order valence-electron chi connectivity index (χ3n) is 4.87. The van der Waals surface area contributed by atoms with Crippen molar-refractivity contribution < 1.29 is 0 Å². The van der Waals surface area contributed by atoms with Gasteiger partial charge in [-0.05, 0) is 49.9 Å². The van der Waals surface area contributed by atoms with E-state index in [2.05, 4.69) is 62.3 Å². The molecule has 112 valence electrons. The van der Waals surface area contributed by atoms with Crippen molar-refractivity contribution in [3.8, 4) is 0 Å². The van der Waals surface area contributed by atoms with Gasteiger partial charge in [-0.15, -0.1) is 0 Å². The predicted molar refractivity (Wildman–Crippen MR) is 88.4 cm³/mol.